The number of nitro groups is 2. The molecule has 1 saturated heterocycles. The standard InChI is InChI=1S/C10H13N3O3.C6H6N2O3/c1-7-9(13(14)15)2-3-10(12-7)16-8-4-5-11-6-8;1-4-5(8(10)11)2-3-6(9)7-4/h2-3,8,11H,4-6H2,1H3;2-3H,1H3,(H,7,9). The zero-order valence-electron chi connectivity index (χ0n) is 14.8. The summed E-state index contributed by atoms with van der Waals surface area (Å²) < 4.78 is 5.59. The molecule has 1 unspecified atom stereocenters. The first-order valence-corrected chi connectivity index (χ1v) is 8.11. The van der Waals surface area contributed by atoms with Gasteiger partial charge in [-0.25, -0.2) is 4.98 Å². The van der Waals surface area contributed by atoms with Gasteiger partial charge in [-0.3, -0.25) is 25.0 Å². The summed E-state index contributed by atoms with van der Waals surface area (Å²) in [5.74, 6) is 0.455. The van der Waals surface area contributed by atoms with Gasteiger partial charge in [-0.1, -0.05) is 0 Å². The van der Waals surface area contributed by atoms with Crippen molar-refractivity contribution < 1.29 is 14.6 Å². The van der Waals surface area contributed by atoms with Crippen molar-refractivity contribution in [3.8, 4) is 5.88 Å². The van der Waals surface area contributed by atoms with Crippen LogP contribution in [-0.2, 0) is 0 Å². The van der Waals surface area contributed by atoms with Crippen LogP contribution in [-0.4, -0.2) is 39.0 Å². The van der Waals surface area contributed by atoms with E-state index in [2.05, 4.69) is 15.3 Å². The fraction of sp³-hybridized carbons (Fsp3) is 0.375. The normalized spacial score (nSPS) is 15.6. The number of aromatic amines is 1. The van der Waals surface area contributed by atoms with Gasteiger partial charge in [0.15, 0.2) is 0 Å². The van der Waals surface area contributed by atoms with Crippen molar-refractivity contribution in [1.29, 1.82) is 0 Å². The first-order chi connectivity index (χ1) is 12.8. The number of hydrogen-bond donors (Lipinski definition) is 2. The molecule has 2 N–H and O–H groups in total. The van der Waals surface area contributed by atoms with Crippen molar-refractivity contribution in [3.05, 3.63) is 66.2 Å². The second kappa shape index (κ2) is 8.85. The molecule has 0 saturated carbocycles. The highest BCUT2D eigenvalue weighted by Gasteiger charge is 2.18. The molecule has 27 heavy (non-hydrogen) atoms. The van der Waals surface area contributed by atoms with Crippen molar-refractivity contribution in [2.75, 3.05) is 13.1 Å². The molecule has 0 aliphatic carbocycles. The van der Waals surface area contributed by atoms with Crippen LogP contribution in [0.1, 0.15) is 17.8 Å². The number of aromatic nitrogens is 2. The summed E-state index contributed by atoms with van der Waals surface area (Å²) in [7, 11) is 0. The Balaban J connectivity index is 0.000000208. The van der Waals surface area contributed by atoms with E-state index in [1.807, 2.05) is 0 Å². The van der Waals surface area contributed by atoms with E-state index in [-0.39, 0.29) is 28.7 Å². The average molecular weight is 377 g/mol. The summed E-state index contributed by atoms with van der Waals surface area (Å²) >= 11 is 0. The highest BCUT2D eigenvalue weighted by atomic mass is 16.6. The molecule has 0 spiro atoms. The zero-order valence-corrected chi connectivity index (χ0v) is 14.8. The van der Waals surface area contributed by atoms with Crippen LogP contribution in [0.3, 0.4) is 0 Å². The van der Waals surface area contributed by atoms with Crippen LogP contribution in [0, 0.1) is 34.1 Å². The molecule has 2 aromatic rings. The van der Waals surface area contributed by atoms with Gasteiger partial charge in [-0.2, -0.15) is 0 Å². The summed E-state index contributed by atoms with van der Waals surface area (Å²) in [4.78, 5) is 36.8. The first kappa shape index (κ1) is 20.0. The molecule has 0 aromatic carbocycles. The number of pyridine rings is 2. The lowest BCUT2D eigenvalue weighted by atomic mass is 10.3. The molecular weight excluding hydrogens is 358 g/mol. The molecule has 1 atom stereocenters. The monoisotopic (exact) mass is 377 g/mol. The van der Waals surface area contributed by atoms with Crippen molar-refractivity contribution >= 4 is 11.4 Å². The van der Waals surface area contributed by atoms with Gasteiger partial charge in [0.2, 0.25) is 11.4 Å². The van der Waals surface area contributed by atoms with E-state index >= 15 is 0 Å². The van der Waals surface area contributed by atoms with Gasteiger partial charge in [-0.15, -0.1) is 0 Å². The van der Waals surface area contributed by atoms with Crippen LogP contribution in [0.15, 0.2) is 29.1 Å². The second-order valence-corrected chi connectivity index (χ2v) is 5.83. The maximum Gasteiger partial charge on any atom is 0.290 e. The van der Waals surface area contributed by atoms with Crippen LogP contribution < -0.4 is 15.6 Å². The lowest BCUT2D eigenvalue weighted by Crippen LogP contribution is -2.20. The maximum absolute atomic E-state index is 10.6. The van der Waals surface area contributed by atoms with Gasteiger partial charge in [0, 0.05) is 30.8 Å². The summed E-state index contributed by atoms with van der Waals surface area (Å²) in [5, 5.41) is 24.0. The molecule has 0 radical (unpaired) electrons. The number of rotatable bonds is 4. The Labute approximate surface area is 153 Å². The Hall–Kier alpha value is -3.34. The van der Waals surface area contributed by atoms with E-state index in [4.69, 9.17) is 4.74 Å². The Morgan fingerprint density at radius 1 is 1.11 bits per heavy atom. The quantitative estimate of drug-likeness (QED) is 0.602. The van der Waals surface area contributed by atoms with Crippen LogP contribution in [0.4, 0.5) is 11.4 Å². The molecule has 11 nitrogen and oxygen atoms in total. The van der Waals surface area contributed by atoms with E-state index in [1.165, 1.54) is 19.1 Å². The summed E-state index contributed by atoms with van der Waals surface area (Å²) in [6.45, 7) is 4.84. The molecule has 2 aromatic heterocycles. The Kier molecular flexibility index (Phi) is 6.55. The molecule has 144 valence electrons. The second-order valence-electron chi connectivity index (χ2n) is 5.83. The summed E-state index contributed by atoms with van der Waals surface area (Å²) in [6.07, 6.45) is 1.06. The average Bonchev–Trinajstić information content (AvgIpc) is 3.07. The summed E-state index contributed by atoms with van der Waals surface area (Å²) in [6, 6.07) is 5.29. The first-order valence-electron chi connectivity index (χ1n) is 8.11. The van der Waals surface area contributed by atoms with E-state index in [0.717, 1.165) is 25.6 Å². The number of aryl methyl sites for hydroxylation is 2. The fourth-order valence-corrected chi connectivity index (χ4v) is 2.46. The number of hydrogen-bond acceptors (Lipinski definition) is 8. The minimum Gasteiger partial charge on any atom is -0.473 e. The molecular formula is C16H19N5O6. The SMILES string of the molecule is Cc1[nH]c(=O)ccc1[N+](=O)[O-].Cc1nc(OC2CCNC2)ccc1[N+](=O)[O-]. The van der Waals surface area contributed by atoms with Gasteiger partial charge in [0.1, 0.15) is 11.8 Å². The Morgan fingerprint density at radius 2 is 1.78 bits per heavy atom. The number of ether oxygens (including phenoxy) is 1. The smallest absolute Gasteiger partial charge is 0.290 e. The fourth-order valence-electron chi connectivity index (χ4n) is 2.46. The molecule has 0 bridgehead atoms. The third-order valence-corrected chi connectivity index (χ3v) is 3.82. The van der Waals surface area contributed by atoms with E-state index in [1.54, 1.807) is 13.0 Å². The van der Waals surface area contributed by atoms with Crippen LogP contribution in [0.25, 0.3) is 0 Å². The largest absolute Gasteiger partial charge is 0.473 e. The number of nitrogens with one attached hydrogen (secondary N) is 2. The van der Waals surface area contributed by atoms with Gasteiger partial charge in [0.05, 0.1) is 15.5 Å². The molecule has 1 aliphatic rings. The Morgan fingerprint density at radius 3 is 2.30 bits per heavy atom. The van der Waals surface area contributed by atoms with Crippen LogP contribution in [0.5, 0.6) is 5.88 Å². The highest BCUT2D eigenvalue weighted by molar-refractivity contribution is 5.37. The third-order valence-electron chi connectivity index (χ3n) is 3.82. The molecule has 1 fully saturated rings. The molecule has 11 heteroatoms. The van der Waals surface area contributed by atoms with E-state index in [9.17, 15) is 25.0 Å². The summed E-state index contributed by atoms with van der Waals surface area (Å²) in [5.41, 5.74) is 0.297. The highest BCUT2D eigenvalue weighted by Crippen LogP contribution is 2.20. The van der Waals surface area contributed by atoms with Gasteiger partial charge < -0.3 is 15.0 Å². The third kappa shape index (κ3) is 5.57. The van der Waals surface area contributed by atoms with Crippen molar-refractivity contribution in [1.82, 2.24) is 15.3 Å². The van der Waals surface area contributed by atoms with Gasteiger partial charge >= 0.3 is 0 Å². The predicted molar refractivity (Wildman–Crippen MR) is 96.0 cm³/mol. The molecule has 3 heterocycles. The molecule has 1 aliphatic heterocycles. The van der Waals surface area contributed by atoms with Crippen molar-refractivity contribution in [3.63, 3.8) is 0 Å². The lowest BCUT2D eigenvalue weighted by molar-refractivity contribution is -0.385. The van der Waals surface area contributed by atoms with E-state index < -0.39 is 9.85 Å². The minimum atomic E-state index is -0.536. The topological polar surface area (TPSA) is 153 Å². The predicted octanol–water partition coefficient (Wildman–Crippen LogP) is 1.63. The number of nitrogens with zero attached hydrogens (tertiary/aromatic N) is 3. The van der Waals surface area contributed by atoms with Gasteiger partial charge in [0.25, 0.3) is 11.4 Å². The van der Waals surface area contributed by atoms with Crippen LogP contribution in [0.2, 0.25) is 0 Å². The lowest BCUT2D eigenvalue weighted by Gasteiger charge is -2.11. The zero-order chi connectivity index (χ0) is 20.0. The molecule has 3 rings (SSSR count). The van der Waals surface area contributed by atoms with Gasteiger partial charge in [-0.05, 0) is 26.8 Å². The molecule has 0 amide bonds. The minimum absolute atomic E-state index is 0.0249. The van der Waals surface area contributed by atoms with Crippen LogP contribution >= 0.6 is 0 Å². The van der Waals surface area contributed by atoms with E-state index in [0.29, 0.717) is 11.6 Å². The maximum atomic E-state index is 10.6. The van der Waals surface area contributed by atoms with Crippen molar-refractivity contribution in [2.45, 2.75) is 26.4 Å². The van der Waals surface area contributed by atoms with Crippen molar-refractivity contribution in [2.24, 2.45) is 0 Å². The Bertz CT molecular complexity index is 891. The number of H-pyrrole nitrogens is 1.